The van der Waals surface area contributed by atoms with Crippen molar-refractivity contribution in [3.05, 3.63) is 65.2 Å². The number of rotatable bonds is 7. The Balaban J connectivity index is 2.06. The topological polar surface area (TPSA) is 105 Å². The molecule has 3 atom stereocenters. The Morgan fingerprint density at radius 2 is 1.84 bits per heavy atom. The quantitative estimate of drug-likeness (QED) is 0.484. The molecule has 1 heterocycles. The van der Waals surface area contributed by atoms with Gasteiger partial charge in [-0.1, -0.05) is 29.8 Å². The average molecular weight is 441 g/mol. The van der Waals surface area contributed by atoms with Crippen LogP contribution in [-0.4, -0.2) is 38.1 Å². The molecule has 8 heteroatoms. The zero-order chi connectivity index (χ0) is 22.6. The first-order valence-corrected chi connectivity index (χ1v) is 11.4. The third-order valence-electron chi connectivity index (χ3n) is 5.53. The summed E-state index contributed by atoms with van der Waals surface area (Å²) in [5.41, 5.74) is 1.95. The van der Waals surface area contributed by atoms with E-state index in [9.17, 15) is 18.0 Å². The molecule has 0 aromatic heterocycles. The normalized spacial score (nSPS) is 21.4. The molecule has 1 aliphatic heterocycles. The summed E-state index contributed by atoms with van der Waals surface area (Å²) in [6.45, 7) is 3.78. The van der Waals surface area contributed by atoms with Gasteiger partial charge < -0.3 is 9.53 Å². The number of nitrogens with zero attached hydrogens (tertiary/aromatic N) is 2. The van der Waals surface area contributed by atoms with Crippen LogP contribution in [0.3, 0.4) is 0 Å². The lowest BCUT2D eigenvalue weighted by Crippen LogP contribution is -2.32. The first-order chi connectivity index (χ1) is 14.8. The van der Waals surface area contributed by atoms with Crippen molar-refractivity contribution >= 4 is 22.3 Å². The molecule has 7 nitrogen and oxygen atoms in total. The van der Waals surface area contributed by atoms with Crippen LogP contribution < -0.4 is 0 Å². The summed E-state index contributed by atoms with van der Waals surface area (Å²) in [7, 11) is -3.94. The van der Waals surface area contributed by atoms with Crippen molar-refractivity contribution in [3.63, 3.8) is 0 Å². The molecule has 0 saturated carbocycles. The number of ether oxygens (including phenoxy) is 1. The summed E-state index contributed by atoms with van der Waals surface area (Å²) in [6.07, 6.45) is 0.668. The molecule has 0 unspecified atom stereocenters. The number of aldehydes is 1. The number of esters is 1. The Labute approximate surface area is 182 Å². The monoisotopic (exact) mass is 440 g/mol. The van der Waals surface area contributed by atoms with Crippen LogP contribution in [0.1, 0.15) is 36.1 Å². The van der Waals surface area contributed by atoms with Crippen molar-refractivity contribution in [1.29, 1.82) is 5.26 Å². The van der Waals surface area contributed by atoms with E-state index in [1.165, 1.54) is 16.4 Å². The zero-order valence-electron chi connectivity index (χ0n) is 17.4. The molecule has 2 aromatic rings. The Morgan fingerprint density at radius 1 is 1.19 bits per heavy atom. The summed E-state index contributed by atoms with van der Waals surface area (Å²) in [6, 6.07) is 14.2. The number of benzene rings is 2. The second kappa shape index (κ2) is 9.41. The van der Waals surface area contributed by atoms with Gasteiger partial charge in [0.1, 0.15) is 6.29 Å². The first-order valence-electron chi connectivity index (χ1n) is 10.0. The lowest BCUT2D eigenvalue weighted by molar-refractivity contribution is -0.144. The predicted octanol–water partition coefficient (Wildman–Crippen LogP) is 3.00. The largest absolute Gasteiger partial charge is 0.466 e. The lowest BCUT2D eigenvalue weighted by atomic mass is 9.86. The van der Waals surface area contributed by atoms with Gasteiger partial charge in [0.15, 0.2) is 0 Å². The van der Waals surface area contributed by atoms with Gasteiger partial charge in [-0.2, -0.15) is 9.57 Å². The highest BCUT2D eigenvalue weighted by Crippen LogP contribution is 2.44. The van der Waals surface area contributed by atoms with Gasteiger partial charge in [0.05, 0.1) is 35.6 Å². The van der Waals surface area contributed by atoms with Crippen LogP contribution >= 0.6 is 0 Å². The molecule has 1 fully saturated rings. The van der Waals surface area contributed by atoms with Crippen molar-refractivity contribution < 1.29 is 22.7 Å². The van der Waals surface area contributed by atoms with E-state index in [4.69, 9.17) is 10.00 Å². The summed E-state index contributed by atoms with van der Waals surface area (Å²) >= 11 is 0. The minimum atomic E-state index is -3.94. The summed E-state index contributed by atoms with van der Waals surface area (Å²) in [4.78, 5) is 24.3. The van der Waals surface area contributed by atoms with E-state index >= 15 is 0 Å². The fourth-order valence-electron chi connectivity index (χ4n) is 3.97. The number of carbonyl (C=O) groups excluding carboxylic acids is 2. The van der Waals surface area contributed by atoms with Gasteiger partial charge in [-0.3, -0.25) is 4.79 Å². The number of nitriles is 1. The standard InChI is InChI=1S/C23H24N2O5S/c1-3-30-22(27)12-19-14-25(31(28,29)20-10-4-16(2)5-11-20)23(21(19)15-26)18-8-6-17(13-24)7-9-18/h4-11,15,19,21,23H,3,12,14H2,1-2H3/t19-,21+,23-/m1/s1. The summed E-state index contributed by atoms with van der Waals surface area (Å²) in [5, 5.41) is 9.07. The SMILES string of the molecule is CCOC(=O)C[C@@H]1CN(S(=O)(=O)c2ccc(C)cc2)[C@H](c2ccc(C#N)cc2)[C@H]1C=O. The third kappa shape index (κ3) is 4.68. The zero-order valence-corrected chi connectivity index (χ0v) is 18.2. The second-order valence-electron chi connectivity index (χ2n) is 7.55. The summed E-state index contributed by atoms with van der Waals surface area (Å²) in [5.74, 6) is -1.71. The van der Waals surface area contributed by atoms with Crippen molar-refractivity contribution in [1.82, 2.24) is 4.31 Å². The highest BCUT2D eigenvalue weighted by Gasteiger charge is 2.48. The van der Waals surface area contributed by atoms with Gasteiger partial charge in [-0.05, 0) is 49.6 Å². The Kier molecular flexibility index (Phi) is 6.88. The van der Waals surface area contributed by atoms with E-state index in [1.807, 2.05) is 13.0 Å². The molecule has 0 aliphatic carbocycles. The number of hydrogen-bond acceptors (Lipinski definition) is 6. The Bertz CT molecular complexity index is 1090. The maximum Gasteiger partial charge on any atom is 0.306 e. The van der Waals surface area contributed by atoms with E-state index < -0.39 is 33.9 Å². The van der Waals surface area contributed by atoms with Crippen molar-refractivity contribution in [2.45, 2.75) is 31.2 Å². The minimum Gasteiger partial charge on any atom is -0.466 e. The third-order valence-corrected chi connectivity index (χ3v) is 7.40. The van der Waals surface area contributed by atoms with Crippen LogP contribution in [0.25, 0.3) is 0 Å². The molecule has 0 N–H and O–H groups in total. The van der Waals surface area contributed by atoms with Crippen LogP contribution in [-0.2, 0) is 24.3 Å². The van der Waals surface area contributed by atoms with Crippen LogP contribution in [0.5, 0.6) is 0 Å². The fraction of sp³-hybridized carbons (Fsp3) is 0.348. The predicted molar refractivity (Wildman–Crippen MR) is 113 cm³/mol. The maximum absolute atomic E-state index is 13.5. The first kappa shape index (κ1) is 22.7. The van der Waals surface area contributed by atoms with E-state index in [0.717, 1.165) is 11.8 Å². The van der Waals surface area contributed by atoms with Crippen molar-refractivity contribution in [2.75, 3.05) is 13.2 Å². The van der Waals surface area contributed by atoms with E-state index in [-0.39, 0.29) is 24.5 Å². The molecular formula is C23H24N2O5S. The highest BCUT2D eigenvalue weighted by molar-refractivity contribution is 7.89. The molecule has 0 spiro atoms. The second-order valence-corrected chi connectivity index (χ2v) is 9.44. The van der Waals surface area contributed by atoms with E-state index in [0.29, 0.717) is 11.1 Å². The molecule has 1 aliphatic rings. The van der Waals surface area contributed by atoms with Gasteiger partial charge in [-0.25, -0.2) is 8.42 Å². The molecule has 0 bridgehead atoms. The van der Waals surface area contributed by atoms with E-state index in [1.54, 1.807) is 43.3 Å². The molecule has 3 rings (SSSR count). The Hall–Kier alpha value is -3.02. The van der Waals surface area contributed by atoms with Crippen LogP contribution in [0.15, 0.2) is 53.4 Å². The maximum atomic E-state index is 13.5. The molecule has 31 heavy (non-hydrogen) atoms. The smallest absolute Gasteiger partial charge is 0.306 e. The Morgan fingerprint density at radius 3 is 2.39 bits per heavy atom. The molecular weight excluding hydrogens is 416 g/mol. The number of carbonyl (C=O) groups is 2. The van der Waals surface area contributed by atoms with Crippen LogP contribution in [0, 0.1) is 30.1 Å². The van der Waals surface area contributed by atoms with Crippen LogP contribution in [0.4, 0.5) is 0 Å². The minimum absolute atomic E-state index is 0.0170. The average Bonchev–Trinajstić information content (AvgIpc) is 3.13. The van der Waals surface area contributed by atoms with Gasteiger partial charge >= 0.3 is 5.97 Å². The van der Waals surface area contributed by atoms with Crippen molar-refractivity contribution in [3.8, 4) is 6.07 Å². The van der Waals surface area contributed by atoms with Gasteiger partial charge in [0.25, 0.3) is 0 Å². The van der Waals surface area contributed by atoms with Crippen LogP contribution in [0.2, 0.25) is 0 Å². The molecule has 2 aromatic carbocycles. The fourth-order valence-corrected chi connectivity index (χ4v) is 5.67. The molecule has 0 amide bonds. The number of sulfonamides is 1. The van der Waals surface area contributed by atoms with Crippen molar-refractivity contribution in [2.24, 2.45) is 11.8 Å². The molecule has 0 radical (unpaired) electrons. The number of aryl methyl sites for hydroxylation is 1. The lowest BCUT2D eigenvalue weighted by Gasteiger charge is -2.26. The number of hydrogen-bond donors (Lipinski definition) is 0. The van der Waals surface area contributed by atoms with Gasteiger partial charge in [0.2, 0.25) is 10.0 Å². The highest BCUT2D eigenvalue weighted by atomic mass is 32.2. The summed E-state index contributed by atoms with van der Waals surface area (Å²) < 4.78 is 33.3. The van der Waals surface area contributed by atoms with Gasteiger partial charge in [-0.15, -0.1) is 0 Å². The molecule has 162 valence electrons. The van der Waals surface area contributed by atoms with Gasteiger partial charge in [0, 0.05) is 12.5 Å². The molecule has 1 saturated heterocycles. The van der Waals surface area contributed by atoms with E-state index in [2.05, 4.69) is 0 Å².